The van der Waals surface area contributed by atoms with Crippen LogP contribution in [0.15, 0.2) is 0 Å². The van der Waals surface area contributed by atoms with Gasteiger partial charge in [-0.15, -0.1) is 0 Å². The highest BCUT2D eigenvalue weighted by molar-refractivity contribution is 5.78. The molecule has 0 aliphatic carbocycles. The summed E-state index contributed by atoms with van der Waals surface area (Å²) in [6, 6.07) is 0.455. The van der Waals surface area contributed by atoms with Gasteiger partial charge in [0.15, 0.2) is 0 Å². The van der Waals surface area contributed by atoms with Gasteiger partial charge >= 0.3 is 0 Å². The fourth-order valence-corrected chi connectivity index (χ4v) is 1.50. The van der Waals surface area contributed by atoms with E-state index >= 15 is 0 Å². The van der Waals surface area contributed by atoms with Crippen molar-refractivity contribution >= 4 is 5.91 Å². The molecule has 1 N–H and O–H groups in total. The zero-order valence-electron chi connectivity index (χ0n) is 8.31. The van der Waals surface area contributed by atoms with E-state index in [1.807, 2.05) is 0 Å². The van der Waals surface area contributed by atoms with Crippen LogP contribution in [0, 0.1) is 5.41 Å². The summed E-state index contributed by atoms with van der Waals surface area (Å²) in [7, 11) is 0. The predicted molar refractivity (Wildman–Crippen MR) is 49.9 cm³/mol. The standard InChI is InChI=1S/C10H19NO/c1-10(2,3)7-6-8-4-5-9(12)11-8/h8H,4-7H2,1-3H3,(H,11,12)/t8-/m1/s1. The second-order valence-corrected chi connectivity index (χ2v) is 4.90. The van der Waals surface area contributed by atoms with E-state index in [-0.39, 0.29) is 5.91 Å². The molecule has 2 nitrogen and oxygen atoms in total. The number of hydrogen-bond donors (Lipinski definition) is 1. The van der Waals surface area contributed by atoms with Crippen LogP contribution in [0.2, 0.25) is 0 Å². The van der Waals surface area contributed by atoms with Crippen molar-refractivity contribution in [2.45, 2.75) is 52.5 Å². The molecule has 0 bridgehead atoms. The summed E-state index contributed by atoms with van der Waals surface area (Å²) in [6.45, 7) is 6.72. The number of hydrogen-bond acceptors (Lipinski definition) is 1. The van der Waals surface area contributed by atoms with Crippen LogP contribution in [0.5, 0.6) is 0 Å². The third-order valence-corrected chi connectivity index (χ3v) is 2.33. The topological polar surface area (TPSA) is 29.1 Å². The van der Waals surface area contributed by atoms with Gasteiger partial charge in [-0.25, -0.2) is 0 Å². The van der Waals surface area contributed by atoms with Gasteiger partial charge in [-0.1, -0.05) is 20.8 Å². The normalized spacial score (nSPS) is 24.2. The first-order valence-electron chi connectivity index (χ1n) is 4.77. The smallest absolute Gasteiger partial charge is 0.220 e. The highest BCUT2D eigenvalue weighted by Crippen LogP contribution is 2.23. The Kier molecular flexibility index (Phi) is 2.76. The highest BCUT2D eigenvalue weighted by Gasteiger charge is 2.22. The molecule has 1 aliphatic rings. The van der Waals surface area contributed by atoms with E-state index < -0.39 is 0 Å². The van der Waals surface area contributed by atoms with Gasteiger partial charge in [0.1, 0.15) is 0 Å². The van der Waals surface area contributed by atoms with Crippen LogP contribution in [-0.4, -0.2) is 11.9 Å². The lowest BCUT2D eigenvalue weighted by Crippen LogP contribution is -2.26. The van der Waals surface area contributed by atoms with E-state index in [0.29, 0.717) is 11.5 Å². The SMILES string of the molecule is CC(C)(C)CC[C@H]1CCC(=O)N1. The van der Waals surface area contributed by atoms with E-state index in [2.05, 4.69) is 26.1 Å². The van der Waals surface area contributed by atoms with Gasteiger partial charge in [0.2, 0.25) is 5.91 Å². The summed E-state index contributed by atoms with van der Waals surface area (Å²) in [4.78, 5) is 10.9. The zero-order valence-corrected chi connectivity index (χ0v) is 8.31. The largest absolute Gasteiger partial charge is 0.353 e. The molecule has 0 aromatic rings. The second kappa shape index (κ2) is 3.46. The quantitative estimate of drug-likeness (QED) is 0.673. The van der Waals surface area contributed by atoms with E-state index in [9.17, 15) is 4.79 Å². The summed E-state index contributed by atoms with van der Waals surface area (Å²) in [5, 5.41) is 2.99. The molecular formula is C10H19NO. The Morgan fingerprint density at radius 3 is 2.58 bits per heavy atom. The molecule has 0 saturated carbocycles. The predicted octanol–water partition coefficient (Wildman–Crippen LogP) is 2.09. The fourth-order valence-electron chi connectivity index (χ4n) is 1.50. The molecule has 1 heterocycles. The van der Waals surface area contributed by atoms with Crippen LogP contribution < -0.4 is 5.32 Å². The highest BCUT2D eigenvalue weighted by atomic mass is 16.1. The maximum Gasteiger partial charge on any atom is 0.220 e. The molecule has 1 fully saturated rings. The van der Waals surface area contributed by atoms with Crippen LogP contribution in [0.3, 0.4) is 0 Å². The number of amides is 1. The number of carbonyl (C=O) groups excluding carboxylic acids is 1. The molecule has 12 heavy (non-hydrogen) atoms. The average Bonchev–Trinajstić information content (AvgIpc) is 2.30. The summed E-state index contributed by atoms with van der Waals surface area (Å²) in [6.07, 6.45) is 4.09. The van der Waals surface area contributed by atoms with Crippen molar-refractivity contribution in [2.24, 2.45) is 5.41 Å². The van der Waals surface area contributed by atoms with E-state index in [1.165, 1.54) is 6.42 Å². The molecular weight excluding hydrogens is 150 g/mol. The zero-order chi connectivity index (χ0) is 9.19. The molecule has 0 spiro atoms. The van der Waals surface area contributed by atoms with Gasteiger partial charge in [-0.3, -0.25) is 4.79 Å². The van der Waals surface area contributed by atoms with Crippen molar-refractivity contribution in [1.29, 1.82) is 0 Å². The van der Waals surface area contributed by atoms with Crippen LogP contribution in [0.1, 0.15) is 46.5 Å². The van der Waals surface area contributed by atoms with E-state index in [0.717, 1.165) is 19.3 Å². The first-order chi connectivity index (χ1) is 5.47. The number of nitrogens with one attached hydrogen (secondary N) is 1. The Hall–Kier alpha value is -0.530. The molecule has 0 radical (unpaired) electrons. The molecule has 1 aliphatic heterocycles. The minimum absolute atomic E-state index is 0.230. The molecule has 1 rings (SSSR count). The van der Waals surface area contributed by atoms with Crippen molar-refractivity contribution in [3.8, 4) is 0 Å². The Labute approximate surface area is 74.7 Å². The molecule has 0 aromatic heterocycles. The maximum absolute atomic E-state index is 10.9. The van der Waals surface area contributed by atoms with Gasteiger partial charge in [0.05, 0.1) is 0 Å². The summed E-state index contributed by atoms with van der Waals surface area (Å²) < 4.78 is 0. The maximum atomic E-state index is 10.9. The van der Waals surface area contributed by atoms with Gasteiger partial charge in [0, 0.05) is 12.5 Å². The first kappa shape index (κ1) is 9.56. The fraction of sp³-hybridized carbons (Fsp3) is 0.900. The Morgan fingerprint density at radius 1 is 1.50 bits per heavy atom. The van der Waals surface area contributed by atoms with Gasteiger partial charge < -0.3 is 5.32 Å². The first-order valence-corrected chi connectivity index (χ1v) is 4.77. The van der Waals surface area contributed by atoms with Crippen molar-refractivity contribution < 1.29 is 4.79 Å². The molecule has 0 unspecified atom stereocenters. The van der Waals surface area contributed by atoms with E-state index in [4.69, 9.17) is 0 Å². The minimum Gasteiger partial charge on any atom is -0.353 e. The molecule has 1 amide bonds. The van der Waals surface area contributed by atoms with Crippen molar-refractivity contribution in [2.75, 3.05) is 0 Å². The number of carbonyl (C=O) groups is 1. The Morgan fingerprint density at radius 2 is 2.17 bits per heavy atom. The average molecular weight is 169 g/mol. The van der Waals surface area contributed by atoms with Crippen LogP contribution in [-0.2, 0) is 4.79 Å². The molecule has 0 aromatic carbocycles. The summed E-state index contributed by atoms with van der Waals surface area (Å²) in [5.74, 6) is 0.230. The number of rotatable bonds is 2. The molecule has 1 atom stereocenters. The van der Waals surface area contributed by atoms with Crippen molar-refractivity contribution in [3.63, 3.8) is 0 Å². The van der Waals surface area contributed by atoms with Crippen molar-refractivity contribution in [3.05, 3.63) is 0 Å². The van der Waals surface area contributed by atoms with Crippen LogP contribution >= 0.6 is 0 Å². The van der Waals surface area contributed by atoms with E-state index in [1.54, 1.807) is 0 Å². The molecule has 70 valence electrons. The van der Waals surface area contributed by atoms with Gasteiger partial charge in [0.25, 0.3) is 0 Å². The lowest BCUT2D eigenvalue weighted by Gasteiger charge is -2.20. The summed E-state index contributed by atoms with van der Waals surface area (Å²) in [5.41, 5.74) is 0.396. The van der Waals surface area contributed by atoms with Gasteiger partial charge in [-0.05, 0) is 24.7 Å². The molecule has 1 saturated heterocycles. The van der Waals surface area contributed by atoms with Gasteiger partial charge in [-0.2, -0.15) is 0 Å². The summed E-state index contributed by atoms with van der Waals surface area (Å²) >= 11 is 0. The van der Waals surface area contributed by atoms with Crippen LogP contribution in [0.4, 0.5) is 0 Å². The third kappa shape index (κ3) is 3.24. The molecule has 2 heteroatoms. The second-order valence-electron chi connectivity index (χ2n) is 4.90. The lowest BCUT2D eigenvalue weighted by molar-refractivity contribution is -0.119. The minimum atomic E-state index is 0.230. The lowest BCUT2D eigenvalue weighted by atomic mass is 9.88. The Balaban J connectivity index is 2.20. The Bertz CT molecular complexity index is 169. The third-order valence-electron chi connectivity index (χ3n) is 2.33. The van der Waals surface area contributed by atoms with Crippen molar-refractivity contribution in [1.82, 2.24) is 5.32 Å². The van der Waals surface area contributed by atoms with Crippen LogP contribution in [0.25, 0.3) is 0 Å². The monoisotopic (exact) mass is 169 g/mol.